The standard InChI is InChI=1S/C28H41F2N3O/c1-8-19(4)13-14-32-24(10-3)21(6)15-26(20(5)9-2)33(7)25-12-11-22(23-17-31-18-23)16-27(25)34-28(29)30/h10-12,14-16,19,23,28,31H,8-9,13,17-18H2,1-7H3. The van der Waals surface area contributed by atoms with Crippen molar-refractivity contribution in [3.8, 4) is 5.75 Å². The van der Waals surface area contributed by atoms with Gasteiger partial charge in [0.1, 0.15) is 5.75 Å². The van der Waals surface area contributed by atoms with E-state index in [4.69, 9.17) is 9.73 Å². The van der Waals surface area contributed by atoms with E-state index in [1.807, 2.05) is 50.2 Å². The molecule has 1 saturated heterocycles. The molecule has 1 aromatic rings. The zero-order valence-corrected chi connectivity index (χ0v) is 21.8. The summed E-state index contributed by atoms with van der Waals surface area (Å²) in [7, 11) is 1.90. The highest BCUT2D eigenvalue weighted by atomic mass is 19.3. The van der Waals surface area contributed by atoms with E-state index in [9.17, 15) is 8.78 Å². The van der Waals surface area contributed by atoms with Gasteiger partial charge in [-0.15, -0.1) is 0 Å². The van der Waals surface area contributed by atoms with E-state index in [2.05, 4.69) is 39.1 Å². The molecular weight excluding hydrogens is 432 g/mol. The van der Waals surface area contributed by atoms with Crippen LogP contribution in [0.1, 0.15) is 72.3 Å². The molecule has 1 fully saturated rings. The van der Waals surface area contributed by atoms with Crippen molar-refractivity contribution in [1.29, 1.82) is 0 Å². The number of nitrogens with one attached hydrogen (secondary N) is 1. The fraction of sp³-hybridized carbons (Fsp3) is 0.536. The lowest BCUT2D eigenvalue weighted by molar-refractivity contribution is -0.0495. The molecule has 34 heavy (non-hydrogen) atoms. The Hall–Kier alpha value is -2.47. The quantitative estimate of drug-likeness (QED) is 0.253. The second kappa shape index (κ2) is 13.4. The van der Waals surface area contributed by atoms with Gasteiger partial charge in [-0.2, -0.15) is 8.78 Å². The van der Waals surface area contributed by atoms with Crippen LogP contribution in [-0.4, -0.2) is 33.0 Å². The van der Waals surface area contributed by atoms with Crippen molar-refractivity contribution in [2.75, 3.05) is 25.0 Å². The van der Waals surface area contributed by atoms with Crippen molar-refractivity contribution in [2.24, 2.45) is 10.9 Å². The van der Waals surface area contributed by atoms with Gasteiger partial charge >= 0.3 is 6.61 Å². The van der Waals surface area contributed by atoms with E-state index < -0.39 is 6.61 Å². The van der Waals surface area contributed by atoms with Gasteiger partial charge in [-0.3, -0.25) is 4.99 Å². The molecule has 0 amide bonds. The highest BCUT2D eigenvalue weighted by Crippen LogP contribution is 2.36. The summed E-state index contributed by atoms with van der Waals surface area (Å²) in [5.41, 5.74) is 5.67. The SMILES string of the molecule is CC=C(N=CCC(C)CC)C(C)=CC(=C(C)CC)N(C)c1ccc(C2CNC2)cc1OC(F)F. The van der Waals surface area contributed by atoms with Gasteiger partial charge in [-0.1, -0.05) is 39.3 Å². The van der Waals surface area contributed by atoms with E-state index in [0.717, 1.165) is 60.5 Å². The summed E-state index contributed by atoms with van der Waals surface area (Å²) in [6.07, 6.45) is 8.98. The lowest BCUT2D eigenvalue weighted by atomic mass is 9.93. The molecule has 1 unspecified atom stereocenters. The zero-order chi connectivity index (χ0) is 25.3. The van der Waals surface area contributed by atoms with Gasteiger partial charge in [-0.05, 0) is 74.4 Å². The third-order valence-electron chi connectivity index (χ3n) is 6.61. The number of rotatable bonds is 12. The number of likely N-dealkylation sites (N-methyl/N-ethyl adjacent to an activating group) is 1. The molecule has 0 spiro atoms. The van der Waals surface area contributed by atoms with Crippen LogP contribution in [0.5, 0.6) is 5.75 Å². The van der Waals surface area contributed by atoms with Crippen LogP contribution in [0.2, 0.25) is 0 Å². The largest absolute Gasteiger partial charge is 0.433 e. The van der Waals surface area contributed by atoms with Crippen LogP contribution in [-0.2, 0) is 0 Å². The number of hydrogen-bond acceptors (Lipinski definition) is 4. The summed E-state index contributed by atoms with van der Waals surface area (Å²) in [5, 5.41) is 3.23. The highest BCUT2D eigenvalue weighted by molar-refractivity contribution is 5.66. The Morgan fingerprint density at radius 3 is 2.50 bits per heavy atom. The second-order valence-electron chi connectivity index (χ2n) is 9.10. The number of aliphatic imine (C=N–C) groups is 1. The Morgan fingerprint density at radius 2 is 1.97 bits per heavy atom. The Bertz CT molecular complexity index is 930. The van der Waals surface area contributed by atoms with Crippen molar-refractivity contribution < 1.29 is 13.5 Å². The average molecular weight is 474 g/mol. The Kier molecular flexibility index (Phi) is 11.0. The predicted octanol–water partition coefficient (Wildman–Crippen LogP) is 7.45. The first-order valence-electron chi connectivity index (χ1n) is 12.3. The van der Waals surface area contributed by atoms with Gasteiger partial charge in [0.2, 0.25) is 0 Å². The topological polar surface area (TPSA) is 36.9 Å². The molecule has 188 valence electrons. The number of alkyl halides is 2. The number of halogens is 2. The van der Waals surface area contributed by atoms with E-state index >= 15 is 0 Å². The number of benzene rings is 1. The molecule has 1 aliphatic rings. The monoisotopic (exact) mass is 473 g/mol. The first-order valence-corrected chi connectivity index (χ1v) is 12.3. The van der Waals surface area contributed by atoms with Crippen LogP contribution in [0, 0.1) is 5.92 Å². The summed E-state index contributed by atoms with van der Waals surface area (Å²) in [6, 6.07) is 5.66. The molecule has 1 aromatic carbocycles. The maximum Gasteiger partial charge on any atom is 0.387 e. The van der Waals surface area contributed by atoms with Gasteiger partial charge in [0.05, 0.1) is 11.4 Å². The van der Waals surface area contributed by atoms with E-state index in [1.165, 1.54) is 0 Å². The van der Waals surface area contributed by atoms with E-state index in [0.29, 0.717) is 17.5 Å². The average Bonchev–Trinajstić information content (AvgIpc) is 2.77. The smallest absolute Gasteiger partial charge is 0.387 e. The number of hydrogen-bond donors (Lipinski definition) is 1. The summed E-state index contributed by atoms with van der Waals surface area (Å²) in [6.45, 7) is 11.4. The van der Waals surface area contributed by atoms with Crippen LogP contribution in [0.15, 0.2) is 57.9 Å². The van der Waals surface area contributed by atoms with Gasteiger partial charge in [0.15, 0.2) is 0 Å². The number of anilines is 1. The summed E-state index contributed by atoms with van der Waals surface area (Å²) in [4.78, 5) is 6.64. The lowest BCUT2D eigenvalue weighted by Gasteiger charge is -2.30. The van der Waals surface area contributed by atoms with E-state index in [-0.39, 0.29) is 5.75 Å². The molecule has 2 rings (SSSR count). The molecule has 0 aliphatic carbocycles. The normalized spacial score (nSPS) is 17.1. The van der Waals surface area contributed by atoms with Gasteiger partial charge in [-0.25, -0.2) is 0 Å². The van der Waals surface area contributed by atoms with Crippen LogP contribution in [0.3, 0.4) is 0 Å². The molecule has 1 aliphatic heterocycles. The van der Waals surface area contributed by atoms with Crippen molar-refractivity contribution in [2.45, 2.75) is 73.3 Å². The maximum atomic E-state index is 13.3. The summed E-state index contributed by atoms with van der Waals surface area (Å²) < 4.78 is 31.5. The Balaban J connectivity index is 2.41. The molecule has 0 radical (unpaired) electrons. The second-order valence-corrected chi connectivity index (χ2v) is 9.10. The van der Waals surface area contributed by atoms with Gasteiger partial charge in [0, 0.05) is 38.0 Å². The molecule has 0 aromatic heterocycles. The molecule has 0 saturated carbocycles. The number of nitrogens with zero attached hydrogens (tertiary/aromatic N) is 2. The van der Waals surface area contributed by atoms with Crippen molar-refractivity contribution in [1.82, 2.24) is 5.32 Å². The predicted molar refractivity (Wildman–Crippen MR) is 140 cm³/mol. The maximum absolute atomic E-state index is 13.3. The zero-order valence-electron chi connectivity index (χ0n) is 21.8. The minimum absolute atomic E-state index is 0.201. The fourth-order valence-electron chi connectivity index (χ4n) is 3.77. The van der Waals surface area contributed by atoms with E-state index in [1.54, 1.807) is 6.07 Å². The molecule has 1 atom stereocenters. The molecule has 6 heteroatoms. The Labute approximate surface area is 204 Å². The molecule has 1 heterocycles. The van der Waals surface area contributed by atoms with Crippen molar-refractivity contribution in [3.05, 3.63) is 58.5 Å². The fourth-order valence-corrected chi connectivity index (χ4v) is 3.77. The van der Waals surface area contributed by atoms with Gasteiger partial charge in [0.25, 0.3) is 0 Å². The van der Waals surface area contributed by atoms with Gasteiger partial charge < -0.3 is 15.0 Å². The first-order chi connectivity index (χ1) is 16.2. The Morgan fingerprint density at radius 1 is 1.26 bits per heavy atom. The third kappa shape index (κ3) is 7.52. The van der Waals surface area contributed by atoms with Crippen LogP contribution in [0.4, 0.5) is 14.5 Å². The van der Waals surface area contributed by atoms with Crippen LogP contribution in [0.25, 0.3) is 0 Å². The summed E-state index contributed by atoms with van der Waals surface area (Å²) >= 11 is 0. The van der Waals surface area contributed by atoms with Crippen molar-refractivity contribution >= 4 is 11.9 Å². The minimum Gasteiger partial charge on any atom is -0.433 e. The molecule has 0 bridgehead atoms. The molecular formula is C28H41F2N3O. The van der Waals surface area contributed by atoms with Crippen LogP contribution >= 0.6 is 0 Å². The molecule has 4 nitrogen and oxygen atoms in total. The summed E-state index contributed by atoms with van der Waals surface area (Å²) in [5.74, 6) is 1.13. The van der Waals surface area contributed by atoms with Crippen molar-refractivity contribution in [3.63, 3.8) is 0 Å². The number of ether oxygens (including phenoxy) is 1. The number of allylic oxidation sites excluding steroid dienone is 4. The first kappa shape index (κ1) is 27.8. The van der Waals surface area contributed by atoms with Crippen LogP contribution < -0.4 is 15.0 Å². The minimum atomic E-state index is -2.88. The third-order valence-corrected chi connectivity index (χ3v) is 6.61. The highest BCUT2D eigenvalue weighted by Gasteiger charge is 2.23. The lowest BCUT2D eigenvalue weighted by Crippen LogP contribution is -2.39. The molecule has 1 N–H and O–H groups in total.